The summed E-state index contributed by atoms with van der Waals surface area (Å²) in [4.78, 5) is 12.4. The number of hydrogen-bond acceptors (Lipinski definition) is 3. The molecule has 1 saturated carbocycles. The van der Waals surface area contributed by atoms with Gasteiger partial charge in [0.25, 0.3) is 0 Å². The Labute approximate surface area is 142 Å². The third-order valence-electron chi connectivity index (χ3n) is 5.53. The van der Waals surface area contributed by atoms with Gasteiger partial charge >= 0.3 is 0 Å². The fourth-order valence-electron chi connectivity index (χ4n) is 4.04. The van der Waals surface area contributed by atoms with E-state index in [0.717, 1.165) is 44.1 Å². The van der Waals surface area contributed by atoms with Crippen LogP contribution in [0.3, 0.4) is 0 Å². The lowest BCUT2D eigenvalue weighted by Crippen LogP contribution is -2.45. The van der Waals surface area contributed by atoms with Crippen molar-refractivity contribution in [2.75, 3.05) is 13.1 Å². The number of rotatable bonds is 5. The van der Waals surface area contributed by atoms with Crippen molar-refractivity contribution in [2.45, 2.75) is 62.6 Å². The molecule has 0 bridgehead atoms. The molecule has 0 spiro atoms. The van der Waals surface area contributed by atoms with E-state index < -0.39 is 0 Å². The van der Waals surface area contributed by atoms with Crippen LogP contribution in [-0.2, 0) is 14.9 Å². The maximum absolute atomic E-state index is 13.3. The van der Waals surface area contributed by atoms with E-state index in [1.807, 2.05) is 12.1 Å². The maximum atomic E-state index is 13.3. The van der Waals surface area contributed by atoms with E-state index in [-0.39, 0.29) is 29.3 Å². The number of halogens is 1. The Morgan fingerprint density at radius 1 is 1.21 bits per heavy atom. The summed E-state index contributed by atoms with van der Waals surface area (Å²) in [6.07, 6.45) is 6.75. The molecule has 4 nitrogen and oxygen atoms in total. The fraction of sp³-hybridized carbons (Fsp3) is 0.632. The first-order valence-electron chi connectivity index (χ1n) is 9.02. The van der Waals surface area contributed by atoms with Gasteiger partial charge in [0.2, 0.25) is 5.91 Å². The predicted molar refractivity (Wildman–Crippen MR) is 91.1 cm³/mol. The molecule has 1 heterocycles. The number of nitrogens with one attached hydrogen (secondary N) is 1. The van der Waals surface area contributed by atoms with Crippen molar-refractivity contribution in [2.24, 2.45) is 5.73 Å². The van der Waals surface area contributed by atoms with Crippen LogP contribution in [0.1, 0.15) is 50.5 Å². The Morgan fingerprint density at radius 2 is 1.92 bits per heavy atom. The van der Waals surface area contributed by atoms with Crippen molar-refractivity contribution in [3.63, 3.8) is 0 Å². The highest BCUT2D eigenvalue weighted by atomic mass is 19.1. The van der Waals surface area contributed by atoms with Crippen molar-refractivity contribution in [3.05, 3.63) is 35.6 Å². The summed E-state index contributed by atoms with van der Waals surface area (Å²) in [5.41, 5.74) is 6.64. The predicted octanol–water partition coefficient (Wildman–Crippen LogP) is 2.65. The van der Waals surface area contributed by atoms with Gasteiger partial charge in [-0.3, -0.25) is 4.79 Å². The molecule has 2 aliphatic rings. The lowest BCUT2D eigenvalue weighted by atomic mass is 9.69. The molecule has 1 amide bonds. The third-order valence-corrected chi connectivity index (χ3v) is 5.53. The minimum absolute atomic E-state index is 0.00138. The molecule has 3 N–H and O–H groups in total. The Morgan fingerprint density at radius 3 is 2.54 bits per heavy atom. The zero-order valence-corrected chi connectivity index (χ0v) is 14.1. The Balaban J connectivity index is 1.66. The van der Waals surface area contributed by atoms with Gasteiger partial charge in [-0.2, -0.15) is 0 Å². The highest BCUT2D eigenvalue weighted by Gasteiger charge is 2.36. The summed E-state index contributed by atoms with van der Waals surface area (Å²) < 4.78 is 19.0. The molecule has 132 valence electrons. The lowest BCUT2D eigenvalue weighted by Gasteiger charge is -2.38. The van der Waals surface area contributed by atoms with Gasteiger partial charge in [0.15, 0.2) is 0 Å². The summed E-state index contributed by atoms with van der Waals surface area (Å²) in [5.74, 6) is -0.265. The smallest absolute Gasteiger partial charge is 0.249 e. The SMILES string of the molecule is NC[C@H]1CC[C@@H](C(=O)NCC2(c3ccc(F)cc3)CCCCC2)O1. The van der Waals surface area contributed by atoms with Crippen LogP contribution < -0.4 is 11.1 Å². The summed E-state index contributed by atoms with van der Waals surface area (Å²) in [5, 5.41) is 3.09. The number of hydrogen-bond donors (Lipinski definition) is 2. The average molecular weight is 334 g/mol. The Hall–Kier alpha value is -1.46. The van der Waals surface area contributed by atoms with Gasteiger partial charge in [0.1, 0.15) is 11.9 Å². The van der Waals surface area contributed by atoms with Crippen LogP contribution in [-0.4, -0.2) is 31.2 Å². The first-order chi connectivity index (χ1) is 11.6. The Kier molecular flexibility index (Phi) is 5.51. The minimum Gasteiger partial charge on any atom is -0.364 e. The number of benzene rings is 1. The second kappa shape index (κ2) is 7.62. The van der Waals surface area contributed by atoms with Crippen LogP contribution in [0.15, 0.2) is 24.3 Å². The third kappa shape index (κ3) is 3.78. The molecule has 1 aliphatic heterocycles. The number of amides is 1. The van der Waals surface area contributed by atoms with Gasteiger partial charge in [-0.25, -0.2) is 4.39 Å². The highest BCUT2D eigenvalue weighted by molar-refractivity contribution is 5.81. The van der Waals surface area contributed by atoms with Gasteiger partial charge < -0.3 is 15.8 Å². The average Bonchev–Trinajstić information content (AvgIpc) is 3.10. The molecular formula is C19H27FN2O2. The van der Waals surface area contributed by atoms with E-state index in [2.05, 4.69) is 5.32 Å². The molecule has 1 saturated heterocycles. The van der Waals surface area contributed by atoms with Crippen molar-refractivity contribution in [1.82, 2.24) is 5.32 Å². The zero-order valence-electron chi connectivity index (χ0n) is 14.1. The summed E-state index contributed by atoms with van der Waals surface area (Å²) in [6.45, 7) is 1.05. The molecule has 1 aromatic rings. The van der Waals surface area contributed by atoms with Crippen LogP contribution in [0.2, 0.25) is 0 Å². The standard InChI is InChI=1S/C19H27FN2O2/c20-15-6-4-14(5-7-15)19(10-2-1-3-11-19)13-22-18(23)17-9-8-16(12-21)24-17/h4-7,16-17H,1-3,8-13,21H2,(H,22,23)/t16-,17+/m1/s1. The van der Waals surface area contributed by atoms with E-state index >= 15 is 0 Å². The Bertz CT molecular complexity index is 555. The molecule has 2 fully saturated rings. The number of nitrogens with two attached hydrogens (primary N) is 1. The van der Waals surface area contributed by atoms with Crippen LogP contribution in [0.25, 0.3) is 0 Å². The topological polar surface area (TPSA) is 64.4 Å². The van der Waals surface area contributed by atoms with Gasteiger partial charge in [-0.15, -0.1) is 0 Å². The molecule has 3 rings (SSSR count). The highest BCUT2D eigenvalue weighted by Crippen LogP contribution is 2.39. The fourth-order valence-corrected chi connectivity index (χ4v) is 4.04. The van der Waals surface area contributed by atoms with Crippen molar-refractivity contribution in [1.29, 1.82) is 0 Å². The van der Waals surface area contributed by atoms with Crippen LogP contribution >= 0.6 is 0 Å². The van der Waals surface area contributed by atoms with Crippen molar-refractivity contribution in [3.8, 4) is 0 Å². The largest absolute Gasteiger partial charge is 0.364 e. The summed E-state index contributed by atoms with van der Waals surface area (Å²) in [7, 11) is 0. The first-order valence-corrected chi connectivity index (χ1v) is 9.02. The van der Waals surface area contributed by atoms with Crippen molar-refractivity contribution >= 4 is 5.91 Å². The summed E-state index contributed by atoms with van der Waals surface area (Å²) in [6, 6.07) is 6.76. The number of carbonyl (C=O) groups excluding carboxylic acids is 1. The van der Waals surface area contributed by atoms with E-state index in [1.54, 1.807) is 0 Å². The van der Waals surface area contributed by atoms with Crippen molar-refractivity contribution < 1.29 is 13.9 Å². The molecule has 0 aromatic heterocycles. The van der Waals surface area contributed by atoms with Gasteiger partial charge in [-0.1, -0.05) is 31.4 Å². The molecular weight excluding hydrogens is 307 g/mol. The zero-order chi connectivity index (χ0) is 17.0. The van der Waals surface area contributed by atoms with Gasteiger partial charge in [0.05, 0.1) is 6.10 Å². The molecule has 0 unspecified atom stereocenters. The summed E-state index contributed by atoms with van der Waals surface area (Å²) >= 11 is 0. The normalized spacial score (nSPS) is 26.2. The van der Waals surface area contributed by atoms with Gasteiger partial charge in [-0.05, 0) is 43.4 Å². The molecule has 5 heteroatoms. The first kappa shape index (κ1) is 17.4. The molecule has 0 radical (unpaired) electrons. The minimum atomic E-state index is -0.382. The van der Waals surface area contributed by atoms with E-state index in [1.165, 1.54) is 18.6 Å². The van der Waals surface area contributed by atoms with Crippen LogP contribution in [0, 0.1) is 5.82 Å². The number of ether oxygens (including phenoxy) is 1. The lowest BCUT2D eigenvalue weighted by molar-refractivity contribution is -0.132. The quantitative estimate of drug-likeness (QED) is 0.870. The second-order valence-corrected chi connectivity index (χ2v) is 7.13. The number of carbonyl (C=O) groups is 1. The monoisotopic (exact) mass is 334 g/mol. The maximum Gasteiger partial charge on any atom is 0.249 e. The molecule has 24 heavy (non-hydrogen) atoms. The van der Waals surface area contributed by atoms with Gasteiger partial charge in [0, 0.05) is 18.5 Å². The van der Waals surface area contributed by atoms with E-state index in [0.29, 0.717) is 13.1 Å². The molecule has 1 aliphatic carbocycles. The van der Waals surface area contributed by atoms with Crippen LogP contribution in [0.5, 0.6) is 0 Å². The second-order valence-electron chi connectivity index (χ2n) is 7.13. The van der Waals surface area contributed by atoms with E-state index in [9.17, 15) is 9.18 Å². The molecule has 2 atom stereocenters. The molecule has 1 aromatic carbocycles. The van der Waals surface area contributed by atoms with E-state index in [4.69, 9.17) is 10.5 Å². The van der Waals surface area contributed by atoms with Crippen LogP contribution in [0.4, 0.5) is 4.39 Å².